The van der Waals surface area contributed by atoms with Gasteiger partial charge in [-0.1, -0.05) is 30.3 Å². The van der Waals surface area contributed by atoms with Crippen LogP contribution in [-0.2, 0) is 30.8 Å². The van der Waals surface area contributed by atoms with Gasteiger partial charge in [0.05, 0.1) is 17.9 Å². The summed E-state index contributed by atoms with van der Waals surface area (Å²) < 4.78 is 69.6. The largest absolute Gasteiger partial charge is 0.463 e. The molecule has 0 aromatic heterocycles. The van der Waals surface area contributed by atoms with E-state index in [4.69, 9.17) is 5.14 Å². The first kappa shape index (κ1) is 24.2. The third-order valence-electron chi connectivity index (χ3n) is 4.06. The Hall–Kier alpha value is -3.12. The van der Waals surface area contributed by atoms with Crippen LogP contribution in [0.2, 0.25) is 0 Å². The summed E-state index contributed by atoms with van der Waals surface area (Å²) in [5.41, 5.74) is -3.49. The summed E-state index contributed by atoms with van der Waals surface area (Å²) in [5, 5.41) is 8.62. The fourth-order valence-electron chi connectivity index (χ4n) is 2.61. The Balaban J connectivity index is 2.43. The van der Waals surface area contributed by atoms with Crippen molar-refractivity contribution in [3.8, 4) is 0 Å². The Bertz CT molecular complexity index is 1030. The molecule has 12 heteroatoms. The van der Waals surface area contributed by atoms with Crippen LogP contribution in [0.4, 0.5) is 18.9 Å². The minimum Gasteiger partial charge on any atom is -0.463 e. The van der Waals surface area contributed by atoms with Gasteiger partial charge in [0.2, 0.25) is 15.9 Å². The monoisotopic (exact) mass is 459 g/mol. The van der Waals surface area contributed by atoms with Crippen LogP contribution in [0.25, 0.3) is 0 Å². The molecule has 0 saturated carbocycles. The second-order valence-electron chi connectivity index (χ2n) is 6.37. The number of carbonyl (C=O) groups excluding carboxylic acids is 2. The molecule has 0 radical (unpaired) electrons. The smallest absolute Gasteiger partial charge is 0.441 e. The molecule has 0 unspecified atom stereocenters. The lowest BCUT2D eigenvalue weighted by molar-refractivity contribution is -0.207. The predicted octanol–water partition coefficient (Wildman–Crippen LogP) is 1.93. The van der Waals surface area contributed by atoms with E-state index < -0.39 is 40.2 Å². The van der Waals surface area contributed by atoms with Crippen LogP contribution >= 0.6 is 0 Å². The zero-order valence-corrected chi connectivity index (χ0v) is 17.1. The number of primary sulfonamides is 1. The molecule has 0 aliphatic carbocycles. The molecule has 0 aliphatic rings. The first-order chi connectivity index (χ1) is 14.4. The average Bonchev–Trinajstić information content (AvgIpc) is 2.67. The van der Waals surface area contributed by atoms with E-state index in [2.05, 4.69) is 4.74 Å². The molecule has 0 saturated heterocycles. The normalized spacial score (nSPS) is 13.7. The van der Waals surface area contributed by atoms with Crippen LogP contribution in [0.3, 0.4) is 0 Å². The quantitative estimate of drug-likeness (QED) is 0.409. The summed E-state index contributed by atoms with van der Waals surface area (Å²) in [4.78, 5) is 24.5. The molecule has 0 bridgehead atoms. The highest BCUT2D eigenvalue weighted by Gasteiger charge is 2.63. The minimum atomic E-state index is -5.32. The highest BCUT2D eigenvalue weighted by atomic mass is 32.2. The Morgan fingerprint density at radius 3 is 2.10 bits per heavy atom. The van der Waals surface area contributed by atoms with E-state index in [1.165, 1.54) is 6.92 Å². The van der Waals surface area contributed by atoms with E-state index in [-0.39, 0.29) is 17.2 Å². The fraction of sp³-hybridized carbons (Fsp3) is 0.263. The lowest BCUT2D eigenvalue weighted by Crippen LogP contribution is -2.69. The number of hydrogen-bond donors (Lipinski definition) is 3. The van der Waals surface area contributed by atoms with Gasteiger partial charge in [-0.2, -0.15) is 13.2 Å². The summed E-state index contributed by atoms with van der Waals surface area (Å²) in [7, 11) is -4.08. The van der Waals surface area contributed by atoms with Gasteiger partial charge in [0.15, 0.2) is 0 Å². The number of rotatable bonds is 8. The number of nitrogens with one attached hydrogen (secondary N) is 2. The van der Waals surface area contributed by atoms with Gasteiger partial charge in [0.1, 0.15) is 0 Å². The molecule has 2 aromatic carbocycles. The summed E-state index contributed by atoms with van der Waals surface area (Å²) in [6.45, 7) is 0.934. The van der Waals surface area contributed by atoms with Crippen molar-refractivity contribution >= 4 is 27.6 Å². The van der Waals surface area contributed by atoms with Crippen molar-refractivity contribution in [2.24, 2.45) is 5.14 Å². The zero-order chi connectivity index (χ0) is 23.3. The minimum absolute atomic E-state index is 0.308. The van der Waals surface area contributed by atoms with Gasteiger partial charge < -0.3 is 15.4 Å². The Morgan fingerprint density at radius 2 is 1.61 bits per heavy atom. The molecule has 8 nitrogen and oxygen atoms in total. The number of halogens is 3. The highest BCUT2D eigenvalue weighted by Crippen LogP contribution is 2.33. The van der Waals surface area contributed by atoms with E-state index in [1.807, 2.05) is 5.32 Å². The SMILES string of the molecule is CCOC(=O)[C@](NC(=O)Cc1ccccc1)(Nc1ccc(S(N)(=O)=O)cc1)C(F)(F)F. The maximum Gasteiger partial charge on any atom is 0.441 e. The van der Waals surface area contributed by atoms with Crippen molar-refractivity contribution in [2.75, 3.05) is 11.9 Å². The van der Waals surface area contributed by atoms with E-state index in [1.54, 1.807) is 35.6 Å². The third-order valence-corrected chi connectivity index (χ3v) is 4.99. The Labute approximate surface area is 176 Å². The summed E-state index contributed by atoms with van der Waals surface area (Å²) >= 11 is 0. The molecular formula is C19H20F3N3O5S. The average molecular weight is 459 g/mol. The second kappa shape index (κ2) is 9.35. The van der Waals surface area contributed by atoms with Crippen molar-refractivity contribution < 1.29 is 35.9 Å². The van der Waals surface area contributed by atoms with Crippen LogP contribution in [0.5, 0.6) is 0 Å². The Kier molecular flexibility index (Phi) is 7.28. The van der Waals surface area contributed by atoms with Crippen LogP contribution in [0.15, 0.2) is 59.5 Å². The molecular weight excluding hydrogens is 439 g/mol. The van der Waals surface area contributed by atoms with E-state index in [0.29, 0.717) is 5.56 Å². The molecule has 1 atom stereocenters. The van der Waals surface area contributed by atoms with Crippen LogP contribution in [0, 0.1) is 0 Å². The summed E-state index contributed by atoms with van der Waals surface area (Å²) in [5.74, 6) is -2.87. The first-order valence-electron chi connectivity index (χ1n) is 8.89. The van der Waals surface area contributed by atoms with Crippen LogP contribution < -0.4 is 15.8 Å². The Morgan fingerprint density at radius 1 is 1.03 bits per heavy atom. The number of ether oxygens (including phenoxy) is 1. The number of hydrogen-bond acceptors (Lipinski definition) is 6. The van der Waals surface area contributed by atoms with Crippen LogP contribution in [0.1, 0.15) is 12.5 Å². The number of alkyl halides is 3. The number of carbonyl (C=O) groups is 2. The lowest BCUT2D eigenvalue weighted by atomic mass is 10.1. The number of sulfonamides is 1. The van der Waals surface area contributed by atoms with Crippen molar-refractivity contribution in [2.45, 2.75) is 30.1 Å². The standard InChI is InChI=1S/C19H20F3N3O5S/c1-2-30-17(27)18(19(20,21)22,25-16(26)12-13-6-4-3-5-7-13)24-14-8-10-15(11-9-14)31(23,28)29/h3-11,24H,2,12H2,1H3,(H,25,26)(H2,23,28,29)/t18-/m1/s1. The van der Waals surface area contributed by atoms with Gasteiger partial charge in [-0.3, -0.25) is 4.79 Å². The molecule has 2 rings (SSSR count). The summed E-state index contributed by atoms with van der Waals surface area (Å²) in [6.07, 6.45) is -5.74. The highest BCUT2D eigenvalue weighted by molar-refractivity contribution is 7.89. The van der Waals surface area contributed by atoms with Gasteiger partial charge >= 0.3 is 17.8 Å². The molecule has 4 N–H and O–H groups in total. The van der Waals surface area contributed by atoms with Gasteiger partial charge in [0.25, 0.3) is 0 Å². The molecule has 2 aromatic rings. The molecule has 0 aliphatic heterocycles. The molecule has 0 fully saturated rings. The van der Waals surface area contributed by atoms with E-state index in [9.17, 15) is 31.2 Å². The number of nitrogens with two attached hydrogens (primary N) is 1. The number of benzene rings is 2. The van der Waals surface area contributed by atoms with Crippen molar-refractivity contribution in [3.05, 3.63) is 60.2 Å². The lowest BCUT2D eigenvalue weighted by Gasteiger charge is -2.35. The second-order valence-corrected chi connectivity index (χ2v) is 7.93. The molecule has 168 valence electrons. The molecule has 0 heterocycles. The van der Waals surface area contributed by atoms with Crippen molar-refractivity contribution in [1.29, 1.82) is 0 Å². The maximum absolute atomic E-state index is 14.1. The molecule has 31 heavy (non-hydrogen) atoms. The van der Waals surface area contributed by atoms with Crippen LogP contribution in [-0.4, -0.2) is 38.7 Å². The summed E-state index contributed by atoms with van der Waals surface area (Å²) in [6, 6.07) is 11.8. The van der Waals surface area contributed by atoms with Gasteiger partial charge in [-0.15, -0.1) is 0 Å². The van der Waals surface area contributed by atoms with Crippen molar-refractivity contribution in [1.82, 2.24) is 5.32 Å². The van der Waals surface area contributed by atoms with Gasteiger partial charge in [-0.25, -0.2) is 18.4 Å². The predicted molar refractivity (Wildman–Crippen MR) is 105 cm³/mol. The molecule has 0 spiro atoms. The molecule has 1 amide bonds. The van der Waals surface area contributed by atoms with E-state index >= 15 is 0 Å². The number of esters is 1. The van der Waals surface area contributed by atoms with E-state index in [0.717, 1.165) is 24.3 Å². The van der Waals surface area contributed by atoms with Crippen molar-refractivity contribution in [3.63, 3.8) is 0 Å². The third kappa shape index (κ3) is 5.95. The maximum atomic E-state index is 14.1. The number of anilines is 1. The topological polar surface area (TPSA) is 128 Å². The number of amides is 1. The van der Waals surface area contributed by atoms with Gasteiger partial charge in [0, 0.05) is 5.69 Å². The zero-order valence-electron chi connectivity index (χ0n) is 16.3. The van der Waals surface area contributed by atoms with Gasteiger partial charge in [-0.05, 0) is 36.8 Å². The fourth-order valence-corrected chi connectivity index (χ4v) is 3.12. The first-order valence-corrected chi connectivity index (χ1v) is 10.4.